The van der Waals surface area contributed by atoms with Crippen LogP contribution in [0.5, 0.6) is 0 Å². The van der Waals surface area contributed by atoms with Gasteiger partial charge in [0, 0.05) is 17.9 Å². The number of rotatable bonds is 7. The number of nitro benzene ring substituents is 1. The van der Waals surface area contributed by atoms with Gasteiger partial charge < -0.3 is 5.11 Å². The van der Waals surface area contributed by atoms with Crippen molar-refractivity contribution in [2.75, 3.05) is 13.7 Å². The lowest BCUT2D eigenvalue weighted by molar-refractivity contribution is -0.388. The molecule has 1 unspecified atom stereocenters. The summed E-state index contributed by atoms with van der Waals surface area (Å²) >= 11 is 1.23. The Morgan fingerprint density at radius 1 is 1.50 bits per heavy atom. The maximum atomic E-state index is 11.6. The number of benzene rings is 1. The molecule has 7 nitrogen and oxygen atoms in total. The zero-order chi connectivity index (χ0) is 15.3. The van der Waals surface area contributed by atoms with Crippen LogP contribution in [0.2, 0.25) is 0 Å². The van der Waals surface area contributed by atoms with Crippen molar-refractivity contribution < 1.29 is 18.4 Å². The Labute approximate surface area is 121 Å². The van der Waals surface area contributed by atoms with E-state index >= 15 is 0 Å². The van der Waals surface area contributed by atoms with Gasteiger partial charge in [-0.1, -0.05) is 6.92 Å². The summed E-state index contributed by atoms with van der Waals surface area (Å²) in [6.07, 6.45) is 0.498. The van der Waals surface area contributed by atoms with Crippen molar-refractivity contribution in [1.82, 2.24) is 4.72 Å². The number of sulfonamides is 1. The molecule has 2 N–H and O–H groups in total. The number of hydrogen-bond donors (Lipinski definition) is 2. The van der Waals surface area contributed by atoms with Gasteiger partial charge in [-0.15, -0.1) is 11.8 Å². The smallest absolute Gasteiger partial charge is 0.284 e. The maximum absolute atomic E-state index is 11.6. The van der Waals surface area contributed by atoms with E-state index in [0.717, 1.165) is 6.07 Å². The summed E-state index contributed by atoms with van der Waals surface area (Å²) in [7, 11) is -2.47. The van der Waals surface area contributed by atoms with Gasteiger partial charge in [-0.05, 0) is 25.6 Å². The lowest BCUT2D eigenvalue weighted by atomic mass is 10.3. The molecule has 1 atom stereocenters. The van der Waals surface area contributed by atoms with E-state index in [1.54, 1.807) is 0 Å². The fourth-order valence-electron chi connectivity index (χ4n) is 1.48. The SMILES string of the molecule is CNS(=O)(=O)c1ccc(SC(C)CCO)c([N+](=O)[O-])c1. The number of hydrogen-bond acceptors (Lipinski definition) is 6. The molecule has 112 valence electrons. The quantitative estimate of drug-likeness (QED) is 0.446. The Morgan fingerprint density at radius 3 is 2.65 bits per heavy atom. The van der Waals surface area contributed by atoms with E-state index in [4.69, 9.17) is 5.11 Å². The van der Waals surface area contributed by atoms with Gasteiger partial charge in [-0.25, -0.2) is 13.1 Å². The summed E-state index contributed by atoms with van der Waals surface area (Å²) in [6.45, 7) is 1.83. The molecule has 0 aliphatic carbocycles. The molecule has 0 spiro atoms. The van der Waals surface area contributed by atoms with E-state index in [2.05, 4.69) is 4.72 Å². The summed E-state index contributed by atoms with van der Waals surface area (Å²) in [6, 6.07) is 3.79. The van der Waals surface area contributed by atoms with Crippen LogP contribution in [0, 0.1) is 10.1 Å². The molecule has 1 rings (SSSR count). The second-order valence-corrected chi connectivity index (χ2v) is 7.40. The molecular formula is C11H16N2O5S2. The molecule has 20 heavy (non-hydrogen) atoms. The second kappa shape index (κ2) is 7.02. The van der Waals surface area contributed by atoms with E-state index in [0.29, 0.717) is 11.3 Å². The molecule has 1 aromatic carbocycles. The molecule has 0 aliphatic rings. The van der Waals surface area contributed by atoms with Crippen molar-refractivity contribution in [3.63, 3.8) is 0 Å². The third-order valence-electron chi connectivity index (χ3n) is 2.57. The fraction of sp³-hybridized carbons (Fsp3) is 0.455. The minimum absolute atomic E-state index is 0.00577. The van der Waals surface area contributed by atoms with E-state index in [-0.39, 0.29) is 22.4 Å². The third-order valence-corrected chi connectivity index (χ3v) is 5.22. The highest BCUT2D eigenvalue weighted by Crippen LogP contribution is 2.34. The topological polar surface area (TPSA) is 110 Å². The van der Waals surface area contributed by atoms with Crippen LogP contribution in [0.3, 0.4) is 0 Å². The average molecular weight is 320 g/mol. The number of nitrogens with one attached hydrogen (secondary N) is 1. The van der Waals surface area contributed by atoms with Gasteiger partial charge in [0.1, 0.15) is 0 Å². The Morgan fingerprint density at radius 2 is 2.15 bits per heavy atom. The highest BCUT2D eigenvalue weighted by atomic mass is 32.2. The van der Waals surface area contributed by atoms with E-state index < -0.39 is 14.9 Å². The predicted octanol–water partition coefficient (Wildman–Crippen LogP) is 1.37. The summed E-state index contributed by atoms with van der Waals surface area (Å²) in [4.78, 5) is 10.7. The Balaban J connectivity index is 3.18. The number of aliphatic hydroxyl groups is 1. The van der Waals surface area contributed by atoms with E-state index in [1.165, 1.54) is 30.9 Å². The van der Waals surface area contributed by atoms with Gasteiger partial charge >= 0.3 is 0 Å². The lowest BCUT2D eigenvalue weighted by Crippen LogP contribution is -2.18. The zero-order valence-corrected chi connectivity index (χ0v) is 12.7. The largest absolute Gasteiger partial charge is 0.396 e. The van der Waals surface area contributed by atoms with Crippen LogP contribution < -0.4 is 4.72 Å². The van der Waals surface area contributed by atoms with Crippen LogP contribution in [0.4, 0.5) is 5.69 Å². The third kappa shape index (κ3) is 4.17. The highest BCUT2D eigenvalue weighted by molar-refractivity contribution is 8.00. The number of nitro groups is 1. The molecule has 0 fully saturated rings. The first kappa shape index (κ1) is 16.9. The fourth-order valence-corrected chi connectivity index (χ4v) is 3.29. The van der Waals surface area contributed by atoms with Crippen molar-refractivity contribution in [2.24, 2.45) is 0 Å². The molecule has 9 heteroatoms. The molecular weight excluding hydrogens is 304 g/mol. The van der Waals surface area contributed by atoms with E-state index in [1.807, 2.05) is 6.92 Å². The Kier molecular flexibility index (Phi) is 5.93. The van der Waals surface area contributed by atoms with Crippen LogP contribution in [0.1, 0.15) is 13.3 Å². The normalized spacial score (nSPS) is 13.2. The van der Waals surface area contributed by atoms with E-state index in [9.17, 15) is 18.5 Å². The molecule has 0 amide bonds. The van der Waals surface area contributed by atoms with Crippen LogP contribution in [-0.2, 0) is 10.0 Å². The Bertz CT molecular complexity index is 588. The summed E-state index contributed by atoms with van der Waals surface area (Å²) in [5.41, 5.74) is -0.254. The van der Waals surface area contributed by atoms with Gasteiger partial charge in [0.2, 0.25) is 10.0 Å². The first-order chi connectivity index (χ1) is 9.31. The van der Waals surface area contributed by atoms with Gasteiger partial charge in [-0.2, -0.15) is 0 Å². The van der Waals surface area contributed by atoms with Crippen LogP contribution in [-0.4, -0.2) is 37.4 Å². The minimum Gasteiger partial charge on any atom is -0.396 e. The molecule has 0 aromatic heterocycles. The van der Waals surface area contributed by atoms with Crippen LogP contribution in [0.15, 0.2) is 28.0 Å². The molecule has 1 aromatic rings. The first-order valence-electron chi connectivity index (χ1n) is 5.81. The predicted molar refractivity (Wildman–Crippen MR) is 76.4 cm³/mol. The van der Waals surface area contributed by atoms with Gasteiger partial charge in [0.05, 0.1) is 14.7 Å². The number of aliphatic hydroxyl groups excluding tert-OH is 1. The Hall–Kier alpha value is -1.16. The standard InChI is InChI=1S/C11H16N2O5S2/c1-8(5-6-14)19-11-4-3-9(20(17,18)12-2)7-10(11)13(15)16/h3-4,7-8,12,14H,5-6H2,1-2H3. The van der Waals surface area contributed by atoms with Crippen LogP contribution in [0.25, 0.3) is 0 Å². The molecule has 0 saturated carbocycles. The summed E-state index contributed by atoms with van der Waals surface area (Å²) in [5, 5.41) is 19.9. The number of nitrogens with zero attached hydrogens (tertiary/aromatic N) is 1. The van der Waals surface area contributed by atoms with Gasteiger partial charge in [0.25, 0.3) is 5.69 Å². The maximum Gasteiger partial charge on any atom is 0.284 e. The summed E-state index contributed by atoms with van der Waals surface area (Å²) < 4.78 is 25.4. The first-order valence-corrected chi connectivity index (χ1v) is 8.17. The van der Waals surface area contributed by atoms with Crippen molar-refractivity contribution in [3.8, 4) is 0 Å². The van der Waals surface area contributed by atoms with Gasteiger partial charge in [-0.3, -0.25) is 10.1 Å². The van der Waals surface area contributed by atoms with Gasteiger partial charge in [0.15, 0.2) is 0 Å². The molecule has 0 radical (unpaired) electrons. The average Bonchev–Trinajstić information content (AvgIpc) is 2.38. The lowest BCUT2D eigenvalue weighted by Gasteiger charge is -2.10. The molecule has 0 heterocycles. The van der Waals surface area contributed by atoms with Crippen LogP contribution >= 0.6 is 11.8 Å². The van der Waals surface area contributed by atoms with Crippen molar-refractivity contribution in [2.45, 2.75) is 28.4 Å². The zero-order valence-electron chi connectivity index (χ0n) is 11.1. The number of thioether (sulfide) groups is 1. The highest BCUT2D eigenvalue weighted by Gasteiger charge is 2.21. The van der Waals surface area contributed by atoms with Crippen molar-refractivity contribution >= 4 is 27.5 Å². The van der Waals surface area contributed by atoms with Crippen molar-refractivity contribution in [3.05, 3.63) is 28.3 Å². The summed E-state index contributed by atoms with van der Waals surface area (Å²) in [5.74, 6) is 0. The molecule has 0 aliphatic heterocycles. The second-order valence-electron chi connectivity index (χ2n) is 4.03. The molecule has 0 saturated heterocycles. The van der Waals surface area contributed by atoms with Crippen molar-refractivity contribution in [1.29, 1.82) is 0 Å². The minimum atomic E-state index is -3.71. The monoisotopic (exact) mass is 320 g/mol. The molecule has 0 bridgehead atoms.